The monoisotopic (exact) mass is 609 g/mol. The van der Waals surface area contributed by atoms with Crippen molar-refractivity contribution in [3.05, 3.63) is 64.6 Å². The van der Waals surface area contributed by atoms with Gasteiger partial charge in [0, 0.05) is 41.2 Å². The Kier molecular flexibility index (Phi) is 9.64. The molecule has 0 unspecified atom stereocenters. The van der Waals surface area contributed by atoms with Crippen molar-refractivity contribution in [1.82, 2.24) is 14.8 Å². The number of carbonyl (C=O) groups excluding carboxylic acids is 3. The van der Waals surface area contributed by atoms with E-state index < -0.39 is 37.4 Å². The van der Waals surface area contributed by atoms with Crippen molar-refractivity contribution in [3.8, 4) is 0 Å². The number of alkyl halides is 1. The number of benzene rings is 2. The number of hydrogen-bond donors (Lipinski definition) is 1. The van der Waals surface area contributed by atoms with Crippen LogP contribution >= 0.6 is 19.2 Å². The van der Waals surface area contributed by atoms with Crippen LogP contribution in [0.2, 0.25) is 5.02 Å². The molecule has 220 valence electrons. The number of halogens is 3. The number of likely N-dealkylation sites (tertiary alicyclic amines) is 1. The molecule has 0 saturated carbocycles. The molecule has 1 saturated heterocycles. The number of rotatable bonds is 11. The number of carbonyl (C=O) groups is 3. The van der Waals surface area contributed by atoms with E-state index in [4.69, 9.17) is 20.6 Å². The van der Waals surface area contributed by atoms with Crippen LogP contribution in [0.15, 0.2) is 42.6 Å². The van der Waals surface area contributed by atoms with E-state index in [1.54, 1.807) is 48.9 Å². The second-order valence-electron chi connectivity index (χ2n) is 9.59. The standard InChI is InChI=1S/C28H31ClF2N3O6P/c1-4-39-41(38,40-5-2)20-10-18(27(31)23(29)12-20)13-32-28(37)25-11-19(30)14-34(25)26(36)16-33-15-22(17(3)35)21-8-6-7-9-24(21)33/h6-10,12,15,19,25H,4-5,11,13-14,16H2,1-3H3,(H,32,37)/t19-,25+/m1/s1. The van der Waals surface area contributed by atoms with Crippen LogP contribution in [-0.4, -0.2) is 59.0 Å². The molecule has 1 N–H and O–H groups in total. The molecular weight excluding hydrogens is 579 g/mol. The molecule has 0 bridgehead atoms. The summed E-state index contributed by atoms with van der Waals surface area (Å²) in [4.78, 5) is 39.7. The predicted octanol–water partition coefficient (Wildman–Crippen LogP) is 4.78. The number of fused-ring (bicyclic) bond motifs is 1. The van der Waals surface area contributed by atoms with Crippen molar-refractivity contribution in [2.75, 3.05) is 19.8 Å². The molecule has 2 heterocycles. The summed E-state index contributed by atoms with van der Waals surface area (Å²) in [6.07, 6.45) is -0.0803. The molecule has 2 aromatic carbocycles. The van der Waals surface area contributed by atoms with Gasteiger partial charge < -0.3 is 23.8 Å². The third-order valence-electron chi connectivity index (χ3n) is 6.80. The van der Waals surface area contributed by atoms with Gasteiger partial charge in [-0.1, -0.05) is 29.8 Å². The van der Waals surface area contributed by atoms with Crippen LogP contribution in [0.3, 0.4) is 0 Å². The molecule has 2 atom stereocenters. The maximum atomic E-state index is 14.9. The van der Waals surface area contributed by atoms with Crippen LogP contribution < -0.4 is 10.6 Å². The largest absolute Gasteiger partial charge is 0.361 e. The smallest absolute Gasteiger partial charge is 0.350 e. The molecular formula is C28H31ClF2N3O6P. The number of hydrogen-bond acceptors (Lipinski definition) is 6. The van der Waals surface area contributed by atoms with Gasteiger partial charge in [0.05, 0.1) is 30.1 Å². The number of Topliss-reactive ketones (excluding diaryl/α,β-unsaturated/α-hetero) is 1. The molecule has 9 nitrogen and oxygen atoms in total. The fourth-order valence-electron chi connectivity index (χ4n) is 4.95. The first-order valence-electron chi connectivity index (χ1n) is 13.2. The van der Waals surface area contributed by atoms with Gasteiger partial charge in [0.25, 0.3) is 0 Å². The Bertz CT molecular complexity index is 1520. The average Bonchev–Trinajstić information content (AvgIpc) is 3.50. The highest BCUT2D eigenvalue weighted by molar-refractivity contribution is 7.62. The highest BCUT2D eigenvalue weighted by Gasteiger charge is 2.40. The molecule has 2 amide bonds. The molecule has 4 rings (SSSR count). The normalized spacial score (nSPS) is 17.3. The minimum Gasteiger partial charge on any atom is -0.350 e. The van der Waals surface area contributed by atoms with Crippen LogP contribution in [0.25, 0.3) is 10.9 Å². The van der Waals surface area contributed by atoms with Crippen molar-refractivity contribution >= 4 is 53.0 Å². The minimum absolute atomic E-state index is 0.0298. The Labute approximate surface area is 241 Å². The third kappa shape index (κ3) is 6.54. The van der Waals surface area contributed by atoms with Gasteiger partial charge in [-0.2, -0.15) is 0 Å². The molecule has 41 heavy (non-hydrogen) atoms. The molecule has 1 aromatic heterocycles. The summed E-state index contributed by atoms with van der Waals surface area (Å²) >= 11 is 6.05. The molecule has 1 aliphatic rings. The Hall–Kier alpha value is -3.11. The van der Waals surface area contributed by atoms with E-state index in [0.717, 1.165) is 11.0 Å². The van der Waals surface area contributed by atoms with E-state index in [1.807, 2.05) is 0 Å². The zero-order valence-corrected chi connectivity index (χ0v) is 24.5. The lowest BCUT2D eigenvalue weighted by Gasteiger charge is -2.24. The van der Waals surface area contributed by atoms with Gasteiger partial charge in [-0.15, -0.1) is 0 Å². The topological polar surface area (TPSA) is 107 Å². The van der Waals surface area contributed by atoms with Gasteiger partial charge in [0.1, 0.15) is 24.6 Å². The number of aromatic nitrogens is 1. The summed E-state index contributed by atoms with van der Waals surface area (Å²) in [6, 6.07) is 8.37. The number of para-hydroxylation sites is 1. The Morgan fingerprint density at radius 1 is 1.15 bits per heavy atom. The maximum absolute atomic E-state index is 14.9. The third-order valence-corrected chi connectivity index (χ3v) is 9.16. The molecule has 13 heteroatoms. The molecule has 1 fully saturated rings. The van der Waals surface area contributed by atoms with Gasteiger partial charge in [0.2, 0.25) is 11.8 Å². The summed E-state index contributed by atoms with van der Waals surface area (Å²) in [5, 5.41) is 2.93. The van der Waals surface area contributed by atoms with Crippen LogP contribution in [-0.2, 0) is 36.3 Å². The highest BCUT2D eigenvalue weighted by atomic mass is 35.5. The number of nitrogens with one attached hydrogen (secondary N) is 1. The van der Waals surface area contributed by atoms with Crippen LogP contribution in [0, 0.1) is 5.82 Å². The maximum Gasteiger partial charge on any atom is 0.361 e. The number of amides is 2. The second kappa shape index (κ2) is 12.8. The van der Waals surface area contributed by atoms with Gasteiger partial charge in [0.15, 0.2) is 5.78 Å². The highest BCUT2D eigenvalue weighted by Crippen LogP contribution is 2.47. The molecule has 1 aliphatic heterocycles. The van der Waals surface area contributed by atoms with E-state index in [9.17, 15) is 27.7 Å². The summed E-state index contributed by atoms with van der Waals surface area (Å²) < 4.78 is 54.8. The molecule has 0 aliphatic carbocycles. The first kappa shape index (κ1) is 30.8. The summed E-state index contributed by atoms with van der Waals surface area (Å²) in [5.41, 5.74) is 1.03. The van der Waals surface area contributed by atoms with Gasteiger partial charge in [-0.25, -0.2) is 8.78 Å². The molecule has 0 spiro atoms. The van der Waals surface area contributed by atoms with Crippen molar-refractivity contribution in [2.45, 2.75) is 52.5 Å². The lowest BCUT2D eigenvalue weighted by Crippen LogP contribution is -2.46. The Morgan fingerprint density at radius 2 is 1.83 bits per heavy atom. The van der Waals surface area contributed by atoms with Crippen LogP contribution in [0.5, 0.6) is 0 Å². The van der Waals surface area contributed by atoms with E-state index in [1.165, 1.54) is 13.0 Å². The summed E-state index contributed by atoms with van der Waals surface area (Å²) in [6.45, 7) is 3.98. The lowest BCUT2D eigenvalue weighted by molar-refractivity contribution is -0.139. The van der Waals surface area contributed by atoms with Crippen molar-refractivity contribution in [3.63, 3.8) is 0 Å². The fourth-order valence-corrected chi connectivity index (χ4v) is 6.92. The summed E-state index contributed by atoms with van der Waals surface area (Å²) in [5.74, 6) is -2.19. The lowest BCUT2D eigenvalue weighted by atomic mass is 10.1. The zero-order valence-electron chi connectivity index (χ0n) is 22.9. The molecule has 3 aromatic rings. The van der Waals surface area contributed by atoms with Crippen molar-refractivity contribution < 1.29 is 36.8 Å². The zero-order chi connectivity index (χ0) is 29.9. The second-order valence-corrected chi connectivity index (χ2v) is 12.0. The van der Waals surface area contributed by atoms with Gasteiger partial charge in [-0.05, 0) is 39.0 Å². The van der Waals surface area contributed by atoms with E-state index >= 15 is 0 Å². The summed E-state index contributed by atoms with van der Waals surface area (Å²) in [7, 11) is -3.79. The van der Waals surface area contributed by atoms with Crippen molar-refractivity contribution in [1.29, 1.82) is 0 Å². The van der Waals surface area contributed by atoms with E-state index in [-0.39, 0.29) is 60.9 Å². The Balaban J connectivity index is 1.52. The number of ketones is 1. The average molecular weight is 610 g/mol. The fraction of sp³-hybridized carbons (Fsp3) is 0.393. The first-order chi connectivity index (χ1) is 19.5. The minimum atomic E-state index is -3.79. The van der Waals surface area contributed by atoms with E-state index in [0.29, 0.717) is 16.5 Å². The van der Waals surface area contributed by atoms with Gasteiger partial charge >= 0.3 is 7.60 Å². The van der Waals surface area contributed by atoms with Crippen molar-refractivity contribution in [2.24, 2.45) is 0 Å². The van der Waals surface area contributed by atoms with Crippen LogP contribution in [0.4, 0.5) is 8.78 Å². The predicted molar refractivity (Wildman–Crippen MR) is 151 cm³/mol. The number of nitrogens with zero attached hydrogens (tertiary/aromatic N) is 2. The quantitative estimate of drug-likeness (QED) is 0.248. The van der Waals surface area contributed by atoms with E-state index in [2.05, 4.69) is 5.32 Å². The SMILES string of the molecule is CCOP(=O)(OCC)c1cc(Cl)c(F)c(CNC(=O)[C@@H]2C[C@@H](F)CN2C(=O)Cn2cc(C(C)=O)c3ccccc32)c1. The van der Waals surface area contributed by atoms with Crippen LogP contribution in [0.1, 0.15) is 43.1 Å². The first-order valence-corrected chi connectivity index (χ1v) is 15.1. The Morgan fingerprint density at radius 3 is 2.49 bits per heavy atom. The van der Waals surface area contributed by atoms with Gasteiger partial charge in [-0.3, -0.25) is 18.9 Å². The molecule has 0 radical (unpaired) electrons.